The Bertz CT molecular complexity index is 1090. The van der Waals surface area contributed by atoms with Crippen LogP contribution in [0.25, 0.3) is 0 Å². The van der Waals surface area contributed by atoms with Crippen molar-refractivity contribution in [2.75, 3.05) is 31.1 Å². The molecule has 10 heteroatoms. The number of fused-ring (bicyclic) bond motifs is 1. The molecule has 4 heterocycles. The quantitative estimate of drug-likeness (QED) is 0.490. The average Bonchev–Trinajstić information content (AvgIpc) is 3.10. The number of nitrogens with one attached hydrogen (secondary N) is 1. The number of pyridine rings is 1. The first-order valence-electron chi connectivity index (χ1n) is 11.1. The van der Waals surface area contributed by atoms with Crippen molar-refractivity contribution in [3.05, 3.63) is 57.2 Å². The van der Waals surface area contributed by atoms with E-state index in [-0.39, 0.29) is 23.2 Å². The highest BCUT2D eigenvalue weighted by Crippen LogP contribution is 2.39. The number of rotatable bonds is 4. The number of carbonyl (C=O) groups is 2. The lowest BCUT2D eigenvalue weighted by Crippen LogP contribution is -2.51. The van der Waals surface area contributed by atoms with Crippen LogP contribution in [0.3, 0.4) is 0 Å². The van der Waals surface area contributed by atoms with Crippen LogP contribution in [0.5, 0.6) is 0 Å². The number of anilines is 1. The zero-order valence-corrected chi connectivity index (χ0v) is 20.4. The Labute approximate surface area is 208 Å². The van der Waals surface area contributed by atoms with Gasteiger partial charge in [0.15, 0.2) is 0 Å². The first-order chi connectivity index (χ1) is 15.9. The number of carbonyl (C=O) groups excluding carboxylic acids is 2. The van der Waals surface area contributed by atoms with E-state index < -0.39 is 0 Å². The van der Waals surface area contributed by atoms with Gasteiger partial charge in [-0.05, 0) is 29.2 Å². The Kier molecular flexibility index (Phi) is 6.55. The van der Waals surface area contributed by atoms with E-state index in [9.17, 15) is 9.59 Å². The number of piperidine rings is 1. The van der Waals surface area contributed by atoms with E-state index >= 15 is 0 Å². The molecule has 5 rings (SSSR count). The summed E-state index contributed by atoms with van der Waals surface area (Å²) in [6.07, 6.45) is 2.54. The molecule has 0 saturated carbocycles. The maximum atomic E-state index is 12.3. The van der Waals surface area contributed by atoms with Gasteiger partial charge in [-0.3, -0.25) is 24.7 Å². The second-order valence-electron chi connectivity index (χ2n) is 8.77. The minimum absolute atomic E-state index is 0.154. The minimum Gasteiger partial charge on any atom is -0.353 e. The molecule has 2 amide bonds. The van der Waals surface area contributed by atoms with Gasteiger partial charge in [-0.2, -0.15) is 12.6 Å². The van der Waals surface area contributed by atoms with Crippen LogP contribution in [0.15, 0.2) is 30.5 Å². The predicted molar refractivity (Wildman–Crippen MR) is 132 cm³/mol. The number of aromatic nitrogens is 1. The van der Waals surface area contributed by atoms with Gasteiger partial charge in [0.05, 0.1) is 21.5 Å². The van der Waals surface area contributed by atoms with Crippen molar-refractivity contribution in [2.45, 2.75) is 37.3 Å². The maximum Gasteiger partial charge on any atom is 0.243 e. The van der Waals surface area contributed by atoms with Crippen LogP contribution < -0.4 is 10.2 Å². The maximum absolute atomic E-state index is 12.3. The van der Waals surface area contributed by atoms with Gasteiger partial charge >= 0.3 is 0 Å². The second-order valence-corrected chi connectivity index (χ2v) is 10.1. The third-order valence-electron chi connectivity index (χ3n) is 6.63. The molecule has 1 aromatic carbocycles. The Hall–Kier alpha value is -1.84. The second kappa shape index (κ2) is 9.43. The van der Waals surface area contributed by atoms with Crippen molar-refractivity contribution >= 4 is 53.5 Å². The van der Waals surface area contributed by atoms with Gasteiger partial charge in [-0.15, -0.1) is 0 Å². The number of halogens is 2. The van der Waals surface area contributed by atoms with Gasteiger partial charge < -0.3 is 4.90 Å². The van der Waals surface area contributed by atoms with E-state index in [0.717, 1.165) is 44.1 Å². The first-order valence-corrected chi connectivity index (χ1v) is 12.3. The molecule has 2 unspecified atom stereocenters. The van der Waals surface area contributed by atoms with E-state index in [2.05, 4.69) is 43.2 Å². The van der Waals surface area contributed by atoms with Gasteiger partial charge in [-0.1, -0.05) is 41.4 Å². The summed E-state index contributed by atoms with van der Waals surface area (Å²) in [6.45, 7) is 5.02. The van der Waals surface area contributed by atoms with E-state index in [1.54, 1.807) is 12.3 Å². The SMILES string of the molecule is O=C1CCC(N2Cc3ccc(CN4CCN(c5ncc(Cl)cc5Cl)CC4)cc3C2S)C(=O)N1. The summed E-state index contributed by atoms with van der Waals surface area (Å²) in [5.74, 6) is 0.372. The third kappa shape index (κ3) is 4.72. The van der Waals surface area contributed by atoms with Crippen molar-refractivity contribution < 1.29 is 9.59 Å². The molecule has 1 N–H and O–H groups in total. The van der Waals surface area contributed by atoms with Crippen molar-refractivity contribution in [3.8, 4) is 0 Å². The minimum atomic E-state index is -0.317. The molecular formula is C23H25Cl2N5O2S. The fraction of sp³-hybridized carbons (Fsp3) is 0.435. The number of nitrogens with zero attached hydrogens (tertiary/aromatic N) is 4. The Morgan fingerprint density at radius 2 is 1.91 bits per heavy atom. The molecule has 2 saturated heterocycles. The number of hydrogen-bond acceptors (Lipinski definition) is 7. The molecule has 0 spiro atoms. The van der Waals surface area contributed by atoms with Gasteiger partial charge in [0.25, 0.3) is 0 Å². The molecule has 2 atom stereocenters. The number of imide groups is 1. The fourth-order valence-corrected chi connectivity index (χ4v) is 5.87. The summed E-state index contributed by atoms with van der Waals surface area (Å²) in [5.41, 5.74) is 3.57. The summed E-state index contributed by atoms with van der Waals surface area (Å²) in [7, 11) is 0. The molecule has 2 fully saturated rings. The van der Waals surface area contributed by atoms with Gasteiger partial charge in [0.1, 0.15) is 5.82 Å². The van der Waals surface area contributed by atoms with Gasteiger partial charge in [0, 0.05) is 51.9 Å². The average molecular weight is 506 g/mol. The normalized spacial score (nSPS) is 24.2. The molecule has 0 bridgehead atoms. The number of piperazine rings is 1. The van der Waals surface area contributed by atoms with Crippen LogP contribution in [0.4, 0.5) is 5.82 Å². The van der Waals surface area contributed by atoms with Crippen molar-refractivity contribution in [1.82, 2.24) is 20.1 Å². The number of hydrogen-bond donors (Lipinski definition) is 2. The zero-order chi connectivity index (χ0) is 23.1. The Balaban J connectivity index is 1.21. The van der Waals surface area contributed by atoms with E-state index in [4.69, 9.17) is 35.8 Å². The van der Waals surface area contributed by atoms with E-state index in [1.807, 2.05) is 0 Å². The lowest BCUT2D eigenvalue weighted by atomic mass is 10.0. The van der Waals surface area contributed by atoms with Crippen LogP contribution in [-0.4, -0.2) is 58.8 Å². The van der Waals surface area contributed by atoms with E-state index in [1.165, 1.54) is 11.1 Å². The predicted octanol–water partition coefficient (Wildman–Crippen LogP) is 3.26. The highest BCUT2D eigenvalue weighted by atomic mass is 35.5. The van der Waals surface area contributed by atoms with Crippen molar-refractivity contribution in [3.63, 3.8) is 0 Å². The summed E-state index contributed by atoms with van der Waals surface area (Å²) < 4.78 is 0. The topological polar surface area (TPSA) is 68.8 Å². The smallest absolute Gasteiger partial charge is 0.243 e. The van der Waals surface area contributed by atoms with Crippen molar-refractivity contribution in [2.24, 2.45) is 0 Å². The fourth-order valence-electron chi connectivity index (χ4n) is 4.88. The largest absolute Gasteiger partial charge is 0.353 e. The van der Waals surface area contributed by atoms with Crippen LogP contribution >= 0.6 is 35.8 Å². The molecule has 33 heavy (non-hydrogen) atoms. The summed E-state index contributed by atoms with van der Waals surface area (Å²) in [4.78, 5) is 34.9. The highest BCUT2D eigenvalue weighted by molar-refractivity contribution is 7.80. The molecular weight excluding hydrogens is 481 g/mol. The van der Waals surface area contributed by atoms with Crippen molar-refractivity contribution in [1.29, 1.82) is 0 Å². The standard InChI is InChI=1S/C23H25Cl2N5O2S/c24-16-10-18(25)21(26-11-16)29-7-5-28(6-8-29)12-14-1-2-15-13-30(23(33)17(15)9-14)19-3-4-20(31)27-22(19)32/h1-2,9-11,19,23,33H,3-8,12-13H2,(H,27,31,32). The molecule has 2 aromatic rings. The number of thiol groups is 1. The summed E-state index contributed by atoms with van der Waals surface area (Å²) in [6, 6.07) is 7.93. The zero-order valence-electron chi connectivity index (χ0n) is 18.0. The molecule has 174 valence electrons. The van der Waals surface area contributed by atoms with Gasteiger partial charge in [0.2, 0.25) is 11.8 Å². The molecule has 0 aliphatic carbocycles. The van der Waals surface area contributed by atoms with Crippen LogP contribution in [0.1, 0.15) is 34.9 Å². The summed E-state index contributed by atoms with van der Waals surface area (Å²) >= 11 is 17.1. The summed E-state index contributed by atoms with van der Waals surface area (Å²) in [5, 5.41) is 3.42. The molecule has 0 radical (unpaired) electrons. The molecule has 1 aromatic heterocycles. The molecule has 7 nitrogen and oxygen atoms in total. The third-order valence-corrected chi connectivity index (χ3v) is 7.69. The first kappa shape index (κ1) is 22.9. The van der Waals surface area contributed by atoms with Crippen LogP contribution in [-0.2, 0) is 22.7 Å². The highest BCUT2D eigenvalue weighted by Gasteiger charge is 2.39. The number of benzene rings is 1. The van der Waals surface area contributed by atoms with Crippen LogP contribution in [0, 0.1) is 0 Å². The number of amides is 2. The van der Waals surface area contributed by atoms with Gasteiger partial charge in [-0.25, -0.2) is 4.98 Å². The Morgan fingerprint density at radius 3 is 2.64 bits per heavy atom. The lowest BCUT2D eigenvalue weighted by Gasteiger charge is -2.35. The lowest BCUT2D eigenvalue weighted by molar-refractivity contribution is -0.137. The van der Waals surface area contributed by atoms with Crippen LogP contribution in [0.2, 0.25) is 10.0 Å². The molecule has 3 aliphatic heterocycles. The monoisotopic (exact) mass is 505 g/mol. The Morgan fingerprint density at radius 1 is 1.12 bits per heavy atom. The van der Waals surface area contributed by atoms with E-state index in [0.29, 0.717) is 29.4 Å². The molecule has 3 aliphatic rings.